The Morgan fingerprint density at radius 2 is 2.17 bits per heavy atom. The minimum absolute atomic E-state index is 0.211. The van der Waals surface area contributed by atoms with Crippen molar-refractivity contribution in [2.45, 2.75) is 13.5 Å². The van der Waals surface area contributed by atoms with Crippen LogP contribution >= 0.6 is 11.6 Å². The Hall–Kier alpha value is -0.600. The molecule has 0 spiro atoms. The zero-order valence-electron chi connectivity index (χ0n) is 7.12. The van der Waals surface area contributed by atoms with Gasteiger partial charge in [0.25, 0.3) is 0 Å². The van der Waals surface area contributed by atoms with Gasteiger partial charge in [-0.2, -0.15) is 0 Å². The molecule has 0 atom stereocenters. The van der Waals surface area contributed by atoms with E-state index in [0.29, 0.717) is 22.7 Å². The van der Waals surface area contributed by atoms with Gasteiger partial charge in [0.15, 0.2) is 0 Å². The van der Waals surface area contributed by atoms with Crippen LogP contribution in [0.25, 0.3) is 0 Å². The number of nitrogens with one attached hydrogen (secondary N) is 1. The molecule has 0 saturated carbocycles. The SMILES string of the molecule is CNCc1ccc(Cl)c(C)c1F. The Labute approximate surface area is 76.5 Å². The molecule has 0 heterocycles. The van der Waals surface area contributed by atoms with Crippen molar-refractivity contribution >= 4 is 11.6 Å². The minimum atomic E-state index is -0.211. The van der Waals surface area contributed by atoms with Crippen molar-refractivity contribution in [3.8, 4) is 0 Å². The van der Waals surface area contributed by atoms with E-state index in [0.717, 1.165) is 0 Å². The first-order chi connectivity index (χ1) is 5.66. The summed E-state index contributed by atoms with van der Waals surface area (Å²) in [5.41, 5.74) is 1.17. The molecule has 0 aromatic heterocycles. The van der Waals surface area contributed by atoms with Crippen molar-refractivity contribution in [3.05, 3.63) is 34.1 Å². The summed E-state index contributed by atoms with van der Waals surface area (Å²) in [6, 6.07) is 3.41. The highest BCUT2D eigenvalue weighted by Crippen LogP contribution is 2.20. The summed E-state index contributed by atoms with van der Waals surface area (Å²) in [6.07, 6.45) is 0. The number of rotatable bonds is 2. The molecule has 3 heteroatoms. The molecular weight excluding hydrogens is 177 g/mol. The molecule has 0 bridgehead atoms. The molecule has 0 radical (unpaired) electrons. The second-order valence-corrected chi connectivity index (χ2v) is 3.08. The fraction of sp³-hybridized carbons (Fsp3) is 0.333. The van der Waals surface area contributed by atoms with Gasteiger partial charge in [-0.05, 0) is 20.0 Å². The zero-order valence-corrected chi connectivity index (χ0v) is 7.87. The van der Waals surface area contributed by atoms with Crippen LogP contribution in [0.5, 0.6) is 0 Å². The van der Waals surface area contributed by atoms with Crippen LogP contribution in [0.4, 0.5) is 4.39 Å². The van der Waals surface area contributed by atoms with E-state index in [1.807, 2.05) is 0 Å². The van der Waals surface area contributed by atoms with Gasteiger partial charge in [-0.3, -0.25) is 0 Å². The Morgan fingerprint density at radius 3 is 2.75 bits per heavy atom. The second-order valence-electron chi connectivity index (χ2n) is 2.68. The van der Waals surface area contributed by atoms with Gasteiger partial charge < -0.3 is 5.32 Å². The van der Waals surface area contributed by atoms with Gasteiger partial charge >= 0.3 is 0 Å². The van der Waals surface area contributed by atoms with Crippen molar-refractivity contribution in [2.24, 2.45) is 0 Å². The van der Waals surface area contributed by atoms with Gasteiger partial charge in [0.2, 0.25) is 0 Å². The highest BCUT2D eigenvalue weighted by molar-refractivity contribution is 6.31. The summed E-state index contributed by atoms with van der Waals surface area (Å²) in [5.74, 6) is -0.211. The van der Waals surface area contributed by atoms with E-state index < -0.39 is 0 Å². The summed E-state index contributed by atoms with van der Waals surface area (Å²) in [7, 11) is 1.78. The summed E-state index contributed by atoms with van der Waals surface area (Å²) >= 11 is 5.73. The van der Waals surface area contributed by atoms with Crippen LogP contribution in [0.2, 0.25) is 5.02 Å². The van der Waals surface area contributed by atoms with Crippen molar-refractivity contribution in [1.82, 2.24) is 5.32 Å². The third kappa shape index (κ3) is 1.76. The van der Waals surface area contributed by atoms with E-state index >= 15 is 0 Å². The van der Waals surface area contributed by atoms with Crippen LogP contribution in [0.3, 0.4) is 0 Å². The van der Waals surface area contributed by atoms with E-state index in [-0.39, 0.29) is 5.82 Å². The predicted octanol–water partition coefficient (Wildman–Crippen LogP) is 2.51. The maximum atomic E-state index is 13.3. The topological polar surface area (TPSA) is 12.0 Å². The Morgan fingerprint density at radius 1 is 1.50 bits per heavy atom. The van der Waals surface area contributed by atoms with E-state index in [4.69, 9.17) is 11.6 Å². The third-order valence-corrected chi connectivity index (χ3v) is 2.18. The van der Waals surface area contributed by atoms with Crippen LogP contribution in [0.1, 0.15) is 11.1 Å². The average molecular weight is 188 g/mol. The summed E-state index contributed by atoms with van der Waals surface area (Å²) in [4.78, 5) is 0. The molecule has 1 N–H and O–H groups in total. The van der Waals surface area contributed by atoms with E-state index in [1.165, 1.54) is 0 Å². The van der Waals surface area contributed by atoms with Crippen LogP contribution in [0.15, 0.2) is 12.1 Å². The van der Waals surface area contributed by atoms with Crippen LogP contribution in [-0.4, -0.2) is 7.05 Å². The highest BCUT2D eigenvalue weighted by Gasteiger charge is 2.06. The maximum absolute atomic E-state index is 13.3. The summed E-state index contributed by atoms with van der Waals surface area (Å²) in [6.45, 7) is 2.21. The fourth-order valence-electron chi connectivity index (χ4n) is 1.04. The van der Waals surface area contributed by atoms with Crippen molar-refractivity contribution in [2.75, 3.05) is 7.05 Å². The molecule has 66 valence electrons. The maximum Gasteiger partial charge on any atom is 0.132 e. The lowest BCUT2D eigenvalue weighted by atomic mass is 10.1. The van der Waals surface area contributed by atoms with E-state index in [9.17, 15) is 4.39 Å². The number of hydrogen-bond donors (Lipinski definition) is 1. The molecule has 0 aliphatic heterocycles. The largest absolute Gasteiger partial charge is 0.316 e. The van der Waals surface area contributed by atoms with E-state index in [1.54, 1.807) is 26.1 Å². The first-order valence-corrected chi connectivity index (χ1v) is 4.12. The standard InChI is InChI=1S/C9H11ClFN/c1-6-8(10)4-3-7(5-12-2)9(6)11/h3-4,12H,5H2,1-2H3. The van der Waals surface area contributed by atoms with Gasteiger partial charge in [-0.15, -0.1) is 0 Å². The van der Waals surface area contributed by atoms with E-state index in [2.05, 4.69) is 5.32 Å². The lowest BCUT2D eigenvalue weighted by Crippen LogP contribution is -2.07. The average Bonchev–Trinajstić information content (AvgIpc) is 2.07. The quantitative estimate of drug-likeness (QED) is 0.750. The Balaban J connectivity index is 3.08. The van der Waals surface area contributed by atoms with Crippen molar-refractivity contribution in [3.63, 3.8) is 0 Å². The van der Waals surface area contributed by atoms with Crippen LogP contribution < -0.4 is 5.32 Å². The molecule has 12 heavy (non-hydrogen) atoms. The fourth-order valence-corrected chi connectivity index (χ4v) is 1.19. The molecule has 1 nitrogen and oxygen atoms in total. The molecular formula is C9H11ClFN. The van der Waals surface area contributed by atoms with Gasteiger partial charge in [0.05, 0.1) is 0 Å². The predicted molar refractivity (Wildman–Crippen MR) is 48.9 cm³/mol. The summed E-state index contributed by atoms with van der Waals surface area (Å²) < 4.78 is 13.3. The van der Waals surface area contributed by atoms with Gasteiger partial charge in [-0.1, -0.05) is 17.7 Å². The number of halogens is 2. The second kappa shape index (κ2) is 3.87. The zero-order chi connectivity index (χ0) is 9.14. The lowest BCUT2D eigenvalue weighted by Gasteiger charge is -2.05. The highest BCUT2D eigenvalue weighted by atomic mass is 35.5. The normalized spacial score (nSPS) is 10.3. The molecule has 1 aromatic rings. The third-order valence-electron chi connectivity index (χ3n) is 1.77. The molecule has 0 unspecified atom stereocenters. The van der Waals surface area contributed by atoms with Gasteiger partial charge in [0, 0.05) is 22.7 Å². The lowest BCUT2D eigenvalue weighted by molar-refractivity contribution is 0.592. The molecule has 0 aliphatic carbocycles. The molecule has 0 amide bonds. The first kappa shape index (κ1) is 9.49. The molecule has 0 fully saturated rings. The Bertz CT molecular complexity index is 286. The number of benzene rings is 1. The van der Waals surface area contributed by atoms with Crippen molar-refractivity contribution in [1.29, 1.82) is 0 Å². The van der Waals surface area contributed by atoms with Gasteiger partial charge in [-0.25, -0.2) is 4.39 Å². The molecule has 1 rings (SSSR count). The smallest absolute Gasteiger partial charge is 0.132 e. The monoisotopic (exact) mass is 187 g/mol. The molecule has 0 aliphatic rings. The van der Waals surface area contributed by atoms with Crippen molar-refractivity contribution < 1.29 is 4.39 Å². The molecule has 0 saturated heterocycles. The Kier molecular flexibility index (Phi) is 3.06. The van der Waals surface area contributed by atoms with Crippen LogP contribution in [0, 0.1) is 12.7 Å². The summed E-state index contributed by atoms with van der Waals surface area (Å²) in [5, 5.41) is 3.37. The minimum Gasteiger partial charge on any atom is -0.316 e. The van der Waals surface area contributed by atoms with Crippen LogP contribution in [-0.2, 0) is 6.54 Å². The molecule has 1 aromatic carbocycles. The first-order valence-electron chi connectivity index (χ1n) is 3.75. The van der Waals surface area contributed by atoms with Gasteiger partial charge in [0.1, 0.15) is 5.82 Å². The number of hydrogen-bond acceptors (Lipinski definition) is 1.